The van der Waals surface area contributed by atoms with E-state index in [9.17, 15) is 0 Å². The third-order valence-corrected chi connectivity index (χ3v) is 4.73. The molecule has 1 aromatic rings. The standard InChI is InChI=1S/C12H20N4S/c1-13-12-14-10(9-17-12)7-15-5-6-16-4-2-3-11(16)8-15/h9,11H,2-8H2,1H3,(H,13,14)/t11-/m0/s1. The van der Waals surface area contributed by atoms with Crippen molar-refractivity contribution in [2.45, 2.75) is 25.4 Å². The minimum Gasteiger partial charge on any atom is -0.365 e. The van der Waals surface area contributed by atoms with Gasteiger partial charge in [0.05, 0.1) is 5.69 Å². The van der Waals surface area contributed by atoms with E-state index in [2.05, 4.69) is 25.5 Å². The number of fused-ring (bicyclic) bond motifs is 1. The molecule has 1 N–H and O–H groups in total. The fourth-order valence-electron chi connectivity index (χ4n) is 2.92. The molecule has 5 heteroatoms. The van der Waals surface area contributed by atoms with Crippen molar-refractivity contribution in [3.63, 3.8) is 0 Å². The minimum atomic E-state index is 0.811. The largest absolute Gasteiger partial charge is 0.365 e. The number of piperazine rings is 1. The summed E-state index contributed by atoms with van der Waals surface area (Å²) in [6.45, 7) is 6.00. The third kappa shape index (κ3) is 2.46. The van der Waals surface area contributed by atoms with Crippen LogP contribution >= 0.6 is 11.3 Å². The molecule has 4 nitrogen and oxygen atoms in total. The second-order valence-corrected chi connectivity index (χ2v) is 5.82. The van der Waals surface area contributed by atoms with Crippen molar-refractivity contribution in [2.24, 2.45) is 0 Å². The summed E-state index contributed by atoms with van der Waals surface area (Å²) in [4.78, 5) is 9.77. The normalized spacial score (nSPS) is 26.1. The number of thiazole rings is 1. The number of hydrogen-bond donors (Lipinski definition) is 1. The molecule has 1 aromatic heterocycles. The first-order chi connectivity index (χ1) is 8.35. The molecule has 0 radical (unpaired) electrons. The van der Waals surface area contributed by atoms with Gasteiger partial charge in [0.15, 0.2) is 5.13 Å². The van der Waals surface area contributed by atoms with Crippen molar-refractivity contribution >= 4 is 16.5 Å². The Kier molecular flexibility index (Phi) is 3.31. The fraction of sp³-hybridized carbons (Fsp3) is 0.750. The van der Waals surface area contributed by atoms with E-state index < -0.39 is 0 Å². The van der Waals surface area contributed by atoms with Gasteiger partial charge >= 0.3 is 0 Å². The maximum absolute atomic E-state index is 4.56. The van der Waals surface area contributed by atoms with Gasteiger partial charge in [0.2, 0.25) is 0 Å². The van der Waals surface area contributed by atoms with Crippen LogP contribution in [0.4, 0.5) is 5.13 Å². The van der Waals surface area contributed by atoms with Crippen molar-refractivity contribution in [3.8, 4) is 0 Å². The van der Waals surface area contributed by atoms with Gasteiger partial charge in [-0.05, 0) is 19.4 Å². The minimum absolute atomic E-state index is 0.811. The molecule has 0 aliphatic carbocycles. The van der Waals surface area contributed by atoms with Crippen molar-refractivity contribution < 1.29 is 0 Å². The summed E-state index contributed by atoms with van der Waals surface area (Å²) in [7, 11) is 1.93. The fourth-order valence-corrected chi connectivity index (χ4v) is 3.59. The Morgan fingerprint density at radius 1 is 1.47 bits per heavy atom. The van der Waals surface area contributed by atoms with Gasteiger partial charge in [-0.3, -0.25) is 9.80 Å². The molecule has 2 aliphatic heterocycles. The lowest BCUT2D eigenvalue weighted by molar-refractivity contribution is 0.0986. The lowest BCUT2D eigenvalue weighted by atomic mass is 10.1. The number of nitrogens with zero attached hydrogens (tertiary/aromatic N) is 3. The molecule has 2 saturated heterocycles. The number of rotatable bonds is 3. The number of anilines is 1. The Balaban J connectivity index is 1.58. The van der Waals surface area contributed by atoms with E-state index >= 15 is 0 Å². The van der Waals surface area contributed by atoms with E-state index in [1.807, 2.05) is 7.05 Å². The Hall–Kier alpha value is -0.650. The summed E-state index contributed by atoms with van der Waals surface area (Å²) in [5.41, 5.74) is 1.21. The summed E-state index contributed by atoms with van der Waals surface area (Å²) >= 11 is 1.70. The summed E-state index contributed by atoms with van der Waals surface area (Å²) in [5, 5.41) is 6.30. The van der Waals surface area contributed by atoms with Gasteiger partial charge in [-0.15, -0.1) is 11.3 Å². The SMILES string of the molecule is CNc1nc(CN2CCN3CCC[C@H]3C2)cs1. The van der Waals surface area contributed by atoms with Crippen LogP contribution in [0.3, 0.4) is 0 Å². The van der Waals surface area contributed by atoms with Crippen LogP contribution in [0.25, 0.3) is 0 Å². The maximum atomic E-state index is 4.56. The predicted octanol–water partition coefficient (Wildman–Crippen LogP) is 1.46. The Morgan fingerprint density at radius 2 is 2.41 bits per heavy atom. The summed E-state index contributed by atoms with van der Waals surface area (Å²) in [6, 6.07) is 0.811. The molecule has 0 bridgehead atoms. The highest BCUT2D eigenvalue weighted by atomic mass is 32.1. The van der Waals surface area contributed by atoms with Gasteiger partial charge in [0.1, 0.15) is 0 Å². The molecule has 17 heavy (non-hydrogen) atoms. The number of nitrogens with one attached hydrogen (secondary N) is 1. The van der Waals surface area contributed by atoms with Gasteiger partial charge < -0.3 is 5.32 Å². The molecule has 0 spiro atoms. The zero-order valence-corrected chi connectivity index (χ0v) is 11.2. The van der Waals surface area contributed by atoms with E-state index in [1.54, 1.807) is 11.3 Å². The monoisotopic (exact) mass is 252 g/mol. The van der Waals surface area contributed by atoms with E-state index in [1.165, 1.54) is 44.7 Å². The van der Waals surface area contributed by atoms with Crippen LogP contribution in [0.15, 0.2) is 5.38 Å². The number of hydrogen-bond acceptors (Lipinski definition) is 5. The number of aromatic nitrogens is 1. The first-order valence-electron chi connectivity index (χ1n) is 6.44. The van der Waals surface area contributed by atoms with Gasteiger partial charge in [-0.25, -0.2) is 4.98 Å². The Morgan fingerprint density at radius 3 is 3.24 bits per heavy atom. The highest BCUT2D eigenvalue weighted by Gasteiger charge is 2.30. The van der Waals surface area contributed by atoms with Crippen LogP contribution in [0.1, 0.15) is 18.5 Å². The van der Waals surface area contributed by atoms with Crippen LogP contribution in [-0.2, 0) is 6.54 Å². The molecule has 0 unspecified atom stereocenters. The van der Waals surface area contributed by atoms with Crippen molar-refractivity contribution in [1.29, 1.82) is 0 Å². The molecule has 3 heterocycles. The zero-order chi connectivity index (χ0) is 11.7. The van der Waals surface area contributed by atoms with Crippen LogP contribution in [-0.4, -0.2) is 54.1 Å². The smallest absolute Gasteiger partial charge is 0.182 e. The van der Waals surface area contributed by atoms with E-state index in [4.69, 9.17) is 0 Å². The molecule has 2 aliphatic rings. The molecular formula is C12H20N4S. The van der Waals surface area contributed by atoms with Gasteiger partial charge in [-0.2, -0.15) is 0 Å². The lowest BCUT2D eigenvalue weighted by Gasteiger charge is -2.37. The van der Waals surface area contributed by atoms with E-state index in [0.29, 0.717) is 0 Å². The molecule has 0 aromatic carbocycles. The van der Waals surface area contributed by atoms with Crippen molar-refractivity contribution in [2.75, 3.05) is 38.5 Å². The molecule has 0 saturated carbocycles. The van der Waals surface area contributed by atoms with E-state index in [-0.39, 0.29) is 0 Å². The Bertz CT molecular complexity index is 378. The second-order valence-electron chi connectivity index (χ2n) is 4.96. The van der Waals surface area contributed by atoms with Crippen LogP contribution in [0.2, 0.25) is 0 Å². The first kappa shape index (κ1) is 11.4. The Labute approximate surface area is 107 Å². The maximum Gasteiger partial charge on any atom is 0.182 e. The molecule has 94 valence electrons. The van der Waals surface area contributed by atoms with E-state index in [0.717, 1.165) is 17.7 Å². The van der Waals surface area contributed by atoms with Gasteiger partial charge in [0.25, 0.3) is 0 Å². The van der Waals surface area contributed by atoms with Crippen molar-refractivity contribution in [1.82, 2.24) is 14.8 Å². The summed E-state index contributed by atoms with van der Waals surface area (Å²) in [5.74, 6) is 0. The summed E-state index contributed by atoms with van der Waals surface area (Å²) < 4.78 is 0. The highest BCUT2D eigenvalue weighted by molar-refractivity contribution is 7.13. The van der Waals surface area contributed by atoms with Crippen LogP contribution < -0.4 is 5.32 Å². The molecule has 0 amide bonds. The second kappa shape index (κ2) is 4.92. The van der Waals surface area contributed by atoms with Gasteiger partial charge in [-0.1, -0.05) is 0 Å². The van der Waals surface area contributed by atoms with Crippen molar-refractivity contribution in [3.05, 3.63) is 11.1 Å². The molecule has 3 rings (SSSR count). The molecule has 2 fully saturated rings. The predicted molar refractivity (Wildman–Crippen MR) is 71.5 cm³/mol. The highest BCUT2D eigenvalue weighted by Crippen LogP contribution is 2.23. The summed E-state index contributed by atoms with van der Waals surface area (Å²) in [6.07, 6.45) is 2.77. The average molecular weight is 252 g/mol. The quantitative estimate of drug-likeness (QED) is 0.882. The lowest BCUT2D eigenvalue weighted by Crippen LogP contribution is -2.49. The topological polar surface area (TPSA) is 31.4 Å². The zero-order valence-electron chi connectivity index (χ0n) is 10.4. The first-order valence-corrected chi connectivity index (χ1v) is 7.31. The van der Waals surface area contributed by atoms with Crippen LogP contribution in [0.5, 0.6) is 0 Å². The third-order valence-electron chi connectivity index (χ3n) is 3.82. The molecular weight excluding hydrogens is 232 g/mol. The van der Waals surface area contributed by atoms with Gasteiger partial charge in [0, 0.05) is 44.6 Å². The molecule has 1 atom stereocenters. The average Bonchev–Trinajstić information content (AvgIpc) is 2.96. The van der Waals surface area contributed by atoms with Crippen LogP contribution in [0, 0.1) is 0 Å².